The molecule has 1 aromatic rings. The molecule has 0 aromatic heterocycles. The molecule has 0 radical (unpaired) electrons. The molecule has 0 bridgehead atoms. The highest BCUT2D eigenvalue weighted by atomic mass is 35.5. The standard InChI is InChI=1S/C13H18ClFN2O2S.ClH/c1-13(2)8-17(6-5-12(13)16)20(18,19)11-7-9(15)3-4-10(11)14;/h3-4,7,12H,5-6,8,16H2,1-2H3;1H. The van der Waals surface area contributed by atoms with Crippen molar-refractivity contribution in [2.45, 2.75) is 31.2 Å². The molecule has 1 aromatic carbocycles. The van der Waals surface area contributed by atoms with E-state index in [1.165, 1.54) is 10.4 Å². The van der Waals surface area contributed by atoms with Gasteiger partial charge in [-0.15, -0.1) is 12.4 Å². The third kappa shape index (κ3) is 3.68. The Morgan fingerprint density at radius 3 is 2.62 bits per heavy atom. The molecule has 1 atom stereocenters. The van der Waals surface area contributed by atoms with Gasteiger partial charge in [-0.25, -0.2) is 12.8 Å². The Bertz CT molecular complexity index is 623. The number of sulfonamides is 1. The van der Waals surface area contributed by atoms with E-state index in [0.717, 1.165) is 12.1 Å². The molecule has 1 aliphatic heterocycles. The summed E-state index contributed by atoms with van der Waals surface area (Å²) >= 11 is 5.90. The number of rotatable bonds is 2. The summed E-state index contributed by atoms with van der Waals surface area (Å²) in [6, 6.07) is 3.29. The molecule has 1 fully saturated rings. The van der Waals surface area contributed by atoms with E-state index in [0.29, 0.717) is 19.5 Å². The average molecular weight is 357 g/mol. The number of hydrogen-bond acceptors (Lipinski definition) is 3. The fourth-order valence-electron chi connectivity index (χ4n) is 2.34. The van der Waals surface area contributed by atoms with Crippen LogP contribution in [0.4, 0.5) is 4.39 Å². The minimum Gasteiger partial charge on any atom is -0.327 e. The third-order valence-electron chi connectivity index (χ3n) is 3.79. The van der Waals surface area contributed by atoms with Crippen molar-refractivity contribution in [2.75, 3.05) is 13.1 Å². The lowest BCUT2D eigenvalue weighted by Crippen LogP contribution is -2.53. The monoisotopic (exact) mass is 356 g/mol. The van der Waals surface area contributed by atoms with Gasteiger partial charge in [0, 0.05) is 19.1 Å². The Morgan fingerprint density at radius 2 is 2.05 bits per heavy atom. The predicted molar refractivity (Wildman–Crippen MR) is 83.8 cm³/mol. The Kier molecular flexibility index (Phi) is 5.67. The Labute approximate surface area is 135 Å². The molecule has 0 aliphatic carbocycles. The molecule has 0 amide bonds. The lowest BCUT2D eigenvalue weighted by molar-refractivity contribution is 0.155. The van der Waals surface area contributed by atoms with Crippen LogP contribution in [0, 0.1) is 11.2 Å². The largest absolute Gasteiger partial charge is 0.327 e. The van der Waals surface area contributed by atoms with E-state index in [1.807, 2.05) is 13.8 Å². The highest BCUT2D eigenvalue weighted by Gasteiger charge is 2.39. The molecule has 4 nitrogen and oxygen atoms in total. The van der Waals surface area contributed by atoms with Crippen LogP contribution in [-0.4, -0.2) is 31.9 Å². The van der Waals surface area contributed by atoms with E-state index < -0.39 is 15.8 Å². The van der Waals surface area contributed by atoms with Gasteiger partial charge in [-0.2, -0.15) is 4.31 Å². The van der Waals surface area contributed by atoms with Crippen LogP contribution in [0.5, 0.6) is 0 Å². The first-order chi connectivity index (χ1) is 9.14. The van der Waals surface area contributed by atoms with Crippen LogP contribution in [0.3, 0.4) is 0 Å². The molecule has 1 heterocycles. The SMILES string of the molecule is CC1(C)CN(S(=O)(=O)c2cc(F)ccc2Cl)CCC1N.Cl. The van der Waals surface area contributed by atoms with E-state index in [1.54, 1.807) is 0 Å². The summed E-state index contributed by atoms with van der Waals surface area (Å²) in [6.07, 6.45) is 0.569. The lowest BCUT2D eigenvalue weighted by Gasteiger charge is -2.41. The maximum atomic E-state index is 13.3. The van der Waals surface area contributed by atoms with Crippen LogP contribution in [0.25, 0.3) is 0 Å². The summed E-state index contributed by atoms with van der Waals surface area (Å²) in [4.78, 5) is -0.189. The van der Waals surface area contributed by atoms with Gasteiger partial charge in [-0.05, 0) is 30.0 Å². The van der Waals surface area contributed by atoms with Gasteiger partial charge in [-0.3, -0.25) is 0 Å². The molecule has 0 spiro atoms. The van der Waals surface area contributed by atoms with Crippen molar-refractivity contribution < 1.29 is 12.8 Å². The molecule has 0 saturated carbocycles. The summed E-state index contributed by atoms with van der Waals surface area (Å²) in [5.74, 6) is -0.624. The first kappa shape index (κ1) is 18.6. The molecule has 1 saturated heterocycles. The fraction of sp³-hybridized carbons (Fsp3) is 0.538. The van der Waals surface area contributed by atoms with Crippen molar-refractivity contribution in [3.8, 4) is 0 Å². The Balaban J connectivity index is 0.00000220. The van der Waals surface area contributed by atoms with E-state index >= 15 is 0 Å². The number of halogens is 3. The minimum absolute atomic E-state index is 0. The van der Waals surface area contributed by atoms with E-state index in [9.17, 15) is 12.8 Å². The van der Waals surface area contributed by atoms with Crippen LogP contribution < -0.4 is 5.73 Å². The van der Waals surface area contributed by atoms with Gasteiger partial charge in [0.15, 0.2) is 0 Å². The molecular weight excluding hydrogens is 338 g/mol. The number of nitrogens with two attached hydrogens (primary N) is 1. The first-order valence-corrected chi connectivity index (χ1v) is 8.17. The van der Waals surface area contributed by atoms with Crippen LogP contribution >= 0.6 is 24.0 Å². The molecule has 1 aliphatic rings. The van der Waals surface area contributed by atoms with Gasteiger partial charge in [0.1, 0.15) is 10.7 Å². The fourth-order valence-corrected chi connectivity index (χ4v) is 4.46. The highest BCUT2D eigenvalue weighted by molar-refractivity contribution is 7.89. The summed E-state index contributed by atoms with van der Waals surface area (Å²) in [5, 5.41) is 0.0269. The average Bonchev–Trinajstić information content (AvgIpc) is 2.35. The third-order valence-corrected chi connectivity index (χ3v) is 6.11. The van der Waals surface area contributed by atoms with Crippen molar-refractivity contribution >= 4 is 34.0 Å². The van der Waals surface area contributed by atoms with Crippen LogP contribution in [0.1, 0.15) is 20.3 Å². The van der Waals surface area contributed by atoms with Crippen molar-refractivity contribution in [1.29, 1.82) is 0 Å². The normalized spacial score (nSPS) is 22.6. The van der Waals surface area contributed by atoms with Gasteiger partial charge in [0.05, 0.1) is 5.02 Å². The zero-order chi connectivity index (χ0) is 15.1. The topological polar surface area (TPSA) is 63.4 Å². The van der Waals surface area contributed by atoms with Gasteiger partial charge in [0.2, 0.25) is 10.0 Å². The minimum atomic E-state index is -3.80. The van der Waals surface area contributed by atoms with Crippen LogP contribution in [-0.2, 0) is 10.0 Å². The van der Waals surface area contributed by atoms with E-state index in [4.69, 9.17) is 17.3 Å². The highest BCUT2D eigenvalue weighted by Crippen LogP contribution is 2.33. The second kappa shape index (κ2) is 6.38. The van der Waals surface area contributed by atoms with Crippen molar-refractivity contribution in [3.63, 3.8) is 0 Å². The Hall–Kier alpha value is -0.400. The first-order valence-electron chi connectivity index (χ1n) is 6.35. The number of hydrogen-bond donors (Lipinski definition) is 1. The van der Waals surface area contributed by atoms with Crippen LogP contribution in [0.2, 0.25) is 5.02 Å². The van der Waals surface area contributed by atoms with Crippen molar-refractivity contribution in [1.82, 2.24) is 4.31 Å². The smallest absolute Gasteiger partial charge is 0.244 e. The van der Waals surface area contributed by atoms with Crippen LogP contribution in [0.15, 0.2) is 23.1 Å². The molecular formula is C13H19Cl2FN2O2S. The zero-order valence-corrected chi connectivity index (χ0v) is 14.2. The van der Waals surface area contributed by atoms with Crippen molar-refractivity contribution in [3.05, 3.63) is 29.0 Å². The summed E-state index contributed by atoms with van der Waals surface area (Å²) < 4.78 is 39.8. The maximum Gasteiger partial charge on any atom is 0.244 e. The summed E-state index contributed by atoms with van der Waals surface area (Å²) in [5.41, 5.74) is 5.67. The molecule has 1 unspecified atom stereocenters. The van der Waals surface area contributed by atoms with E-state index in [-0.39, 0.29) is 33.8 Å². The Morgan fingerprint density at radius 1 is 1.43 bits per heavy atom. The molecule has 8 heteroatoms. The lowest BCUT2D eigenvalue weighted by atomic mass is 9.81. The van der Waals surface area contributed by atoms with E-state index in [2.05, 4.69) is 0 Å². The van der Waals surface area contributed by atoms with Gasteiger partial charge in [0.25, 0.3) is 0 Å². The van der Waals surface area contributed by atoms with Gasteiger partial charge < -0.3 is 5.73 Å². The number of piperidine rings is 1. The van der Waals surface area contributed by atoms with Gasteiger partial charge >= 0.3 is 0 Å². The summed E-state index contributed by atoms with van der Waals surface area (Å²) in [7, 11) is -3.80. The molecule has 2 rings (SSSR count). The number of benzene rings is 1. The molecule has 21 heavy (non-hydrogen) atoms. The predicted octanol–water partition coefficient (Wildman–Crippen LogP) is 2.65. The van der Waals surface area contributed by atoms with Crippen molar-refractivity contribution in [2.24, 2.45) is 11.1 Å². The molecule has 120 valence electrons. The zero-order valence-electron chi connectivity index (χ0n) is 11.8. The summed E-state index contributed by atoms with van der Waals surface area (Å²) in [6.45, 7) is 4.46. The van der Waals surface area contributed by atoms with Gasteiger partial charge in [-0.1, -0.05) is 25.4 Å². The quantitative estimate of drug-likeness (QED) is 0.885. The maximum absolute atomic E-state index is 13.3. The molecule has 2 N–H and O–H groups in total. The second-order valence-electron chi connectivity index (χ2n) is 5.80. The number of nitrogens with zero attached hydrogens (tertiary/aromatic N) is 1. The second-order valence-corrected chi connectivity index (χ2v) is 8.11.